The number of esters is 1. The van der Waals surface area contributed by atoms with Crippen LogP contribution in [-0.4, -0.2) is 56.9 Å². The van der Waals surface area contributed by atoms with E-state index < -0.39 is 88.4 Å². The molecule has 1 aliphatic heterocycles. The van der Waals surface area contributed by atoms with Gasteiger partial charge >= 0.3 is 12.1 Å². The number of methoxy groups -OCH3 is 1. The number of amides is 2. The van der Waals surface area contributed by atoms with Gasteiger partial charge in [0.25, 0.3) is 5.91 Å². The monoisotopic (exact) mass is 595 g/mol. The standard InChI is InChI=1S/C23H21ClF4N2O8S/c1-37-18-5-3-14(24)11-16(18)22(25)15-4-2-13(23(26,27)28)10-17(15)30(21(22)33)12-38-20(32)7-6-19(31)29-8-9-39(34,35)36/h2-5,10-11H,6-9,12H2,1H3,(H,29,31)(H,34,35,36)/p-1. The molecule has 0 fully saturated rings. The number of rotatable bonds is 10. The van der Waals surface area contributed by atoms with E-state index in [1.54, 1.807) is 0 Å². The van der Waals surface area contributed by atoms with Gasteiger partial charge in [0.1, 0.15) is 5.75 Å². The van der Waals surface area contributed by atoms with Crippen molar-refractivity contribution in [2.75, 3.05) is 31.0 Å². The highest BCUT2D eigenvalue weighted by Gasteiger charge is 2.55. The summed E-state index contributed by atoms with van der Waals surface area (Å²) in [5.41, 5.74) is -5.60. The van der Waals surface area contributed by atoms with Gasteiger partial charge < -0.3 is 19.3 Å². The summed E-state index contributed by atoms with van der Waals surface area (Å²) in [6.07, 6.45) is -5.90. The molecule has 0 radical (unpaired) electrons. The van der Waals surface area contributed by atoms with Gasteiger partial charge in [0, 0.05) is 29.1 Å². The summed E-state index contributed by atoms with van der Waals surface area (Å²) in [6, 6.07) is 5.66. The minimum atomic E-state index is -4.84. The van der Waals surface area contributed by atoms with Gasteiger partial charge in [-0.15, -0.1) is 0 Å². The summed E-state index contributed by atoms with van der Waals surface area (Å²) in [6.45, 7) is -1.47. The second-order valence-electron chi connectivity index (χ2n) is 8.22. The molecule has 3 rings (SSSR count). The Morgan fingerprint density at radius 3 is 2.44 bits per heavy atom. The molecule has 0 saturated carbocycles. The summed E-state index contributed by atoms with van der Waals surface area (Å²) in [4.78, 5) is 37.7. The number of ether oxygens (including phenoxy) is 2. The van der Waals surface area contributed by atoms with Crippen molar-refractivity contribution in [3.63, 3.8) is 0 Å². The van der Waals surface area contributed by atoms with Crippen molar-refractivity contribution in [1.82, 2.24) is 5.32 Å². The normalized spacial score (nSPS) is 17.1. The van der Waals surface area contributed by atoms with Crippen LogP contribution in [0.1, 0.15) is 29.5 Å². The molecular formula is C23H20ClF4N2O8S-. The number of nitrogens with one attached hydrogen (secondary N) is 1. The van der Waals surface area contributed by atoms with Gasteiger partial charge in [0.05, 0.1) is 40.7 Å². The molecule has 212 valence electrons. The number of hydrogen-bond acceptors (Lipinski definition) is 8. The molecule has 0 bridgehead atoms. The third-order valence-electron chi connectivity index (χ3n) is 5.64. The predicted molar refractivity (Wildman–Crippen MR) is 127 cm³/mol. The molecule has 0 aliphatic carbocycles. The van der Waals surface area contributed by atoms with Crippen LogP contribution in [0.15, 0.2) is 36.4 Å². The van der Waals surface area contributed by atoms with Gasteiger partial charge in [0.15, 0.2) is 6.73 Å². The molecule has 0 aromatic heterocycles. The van der Waals surface area contributed by atoms with Gasteiger partial charge in [-0.1, -0.05) is 17.7 Å². The van der Waals surface area contributed by atoms with Gasteiger partial charge in [-0.25, -0.2) is 12.8 Å². The summed E-state index contributed by atoms with van der Waals surface area (Å²) in [5.74, 6) is -4.21. The van der Waals surface area contributed by atoms with Gasteiger partial charge in [0.2, 0.25) is 11.6 Å². The van der Waals surface area contributed by atoms with Crippen molar-refractivity contribution in [2.45, 2.75) is 24.7 Å². The molecule has 2 aromatic carbocycles. The second kappa shape index (κ2) is 11.4. The van der Waals surface area contributed by atoms with Crippen LogP contribution in [0.5, 0.6) is 5.75 Å². The first-order valence-corrected chi connectivity index (χ1v) is 13.0. The average Bonchev–Trinajstić information content (AvgIpc) is 3.06. The zero-order valence-electron chi connectivity index (χ0n) is 20.0. The molecule has 1 heterocycles. The Balaban J connectivity index is 1.84. The van der Waals surface area contributed by atoms with Gasteiger partial charge in [-0.3, -0.25) is 19.3 Å². The molecule has 1 atom stereocenters. The first kappa shape index (κ1) is 30.1. The van der Waals surface area contributed by atoms with Crippen LogP contribution in [0.2, 0.25) is 5.02 Å². The zero-order chi connectivity index (χ0) is 29.2. The van der Waals surface area contributed by atoms with Crippen molar-refractivity contribution in [1.29, 1.82) is 0 Å². The Kier molecular flexibility index (Phi) is 8.77. The van der Waals surface area contributed by atoms with E-state index in [2.05, 4.69) is 5.32 Å². The number of nitrogens with zero attached hydrogens (tertiary/aromatic N) is 1. The molecule has 39 heavy (non-hydrogen) atoms. The first-order valence-electron chi connectivity index (χ1n) is 11.0. The first-order chi connectivity index (χ1) is 18.1. The molecule has 1 aliphatic rings. The predicted octanol–water partition coefficient (Wildman–Crippen LogP) is 2.87. The Bertz CT molecular complexity index is 1400. The third-order valence-corrected chi connectivity index (χ3v) is 6.58. The molecule has 16 heteroatoms. The van der Waals surface area contributed by atoms with Crippen molar-refractivity contribution in [2.24, 2.45) is 0 Å². The van der Waals surface area contributed by atoms with Crippen molar-refractivity contribution >= 4 is 45.2 Å². The molecular weight excluding hydrogens is 576 g/mol. The van der Waals surface area contributed by atoms with E-state index >= 15 is 4.39 Å². The number of benzene rings is 2. The fourth-order valence-corrected chi connectivity index (χ4v) is 4.32. The van der Waals surface area contributed by atoms with Crippen LogP contribution in [0.25, 0.3) is 0 Å². The fourth-order valence-electron chi connectivity index (χ4n) is 3.80. The number of fused-ring (bicyclic) bond motifs is 1. The van der Waals surface area contributed by atoms with Crippen LogP contribution < -0.4 is 15.0 Å². The quantitative estimate of drug-likeness (QED) is 0.251. The Morgan fingerprint density at radius 2 is 1.82 bits per heavy atom. The topological polar surface area (TPSA) is 142 Å². The highest BCUT2D eigenvalue weighted by Crippen LogP contribution is 2.51. The number of anilines is 1. The summed E-state index contributed by atoms with van der Waals surface area (Å²) in [5, 5.41) is 2.12. The highest BCUT2D eigenvalue weighted by molar-refractivity contribution is 7.85. The van der Waals surface area contributed by atoms with E-state index in [1.165, 1.54) is 19.2 Å². The number of alkyl halides is 4. The lowest BCUT2D eigenvalue weighted by Crippen LogP contribution is -2.40. The molecule has 0 saturated heterocycles. The minimum absolute atomic E-state index is 0.0140. The second-order valence-corrected chi connectivity index (χ2v) is 10.2. The van der Waals surface area contributed by atoms with Crippen LogP contribution in [0.3, 0.4) is 0 Å². The van der Waals surface area contributed by atoms with Gasteiger partial charge in [-0.05, 0) is 30.3 Å². The summed E-state index contributed by atoms with van der Waals surface area (Å²) in [7, 11) is -3.36. The molecule has 2 amide bonds. The van der Waals surface area contributed by atoms with Crippen molar-refractivity contribution in [3.8, 4) is 5.75 Å². The Morgan fingerprint density at radius 1 is 1.13 bits per heavy atom. The summed E-state index contributed by atoms with van der Waals surface area (Å²) < 4.78 is 98.6. The lowest BCUT2D eigenvalue weighted by atomic mass is 9.88. The molecule has 0 spiro atoms. The van der Waals surface area contributed by atoms with E-state index in [9.17, 15) is 40.5 Å². The third kappa shape index (κ3) is 6.78. The maximum Gasteiger partial charge on any atom is 0.416 e. The van der Waals surface area contributed by atoms with Crippen LogP contribution >= 0.6 is 11.6 Å². The van der Waals surface area contributed by atoms with Crippen molar-refractivity contribution < 1.29 is 54.4 Å². The highest BCUT2D eigenvalue weighted by atomic mass is 35.5. The number of halogens is 5. The SMILES string of the molecule is COc1ccc(Cl)cc1C1(F)C(=O)N(COC(=O)CCC(=O)NCCS(=O)(=O)[O-])c2cc(C(F)(F)F)ccc21. The number of carbonyl (C=O) groups excluding carboxylic acids is 3. The fraction of sp³-hybridized carbons (Fsp3) is 0.348. The Hall–Kier alpha value is -3.43. The van der Waals surface area contributed by atoms with Crippen LogP contribution in [0, 0.1) is 0 Å². The maximum absolute atomic E-state index is 16.6. The van der Waals surface area contributed by atoms with Crippen LogP contribution in [0.4, 0.5) is 23.2 Å². The molecule has 1 N–H and O–H groups in total. The number of hydrogen-bond donors (Lipinski definition) is 1. The lowest BCUT2D eigenvalue weighted by molar-refractivity contribution is -0.146. The largest absolute Gasteiger partial charge is 0.748 e. The lowest BCUT2D eigenvalue weighted by Gasteiger charge is -2.23. The van der Waals surface area contributed by atoms with Gasteiger partial charge in [-0.2, -0.15) is 13.2 Å². The minimum Gasteiger partial charge on any atom is -0.748 e. The van der Waals surface area contributed by atoms with E-state index in [0.29, 0.717) is 17.0 Å². The van der Waals surface area contributed by atoms with E-state index in [4.69, 9.17) is 21.1 Å². The van der Waals surface area contributed by atoms with E-state index in [1.807, 2.05) is 0 Å². The average molecular weight is 596 g/mol. The molecule has 10 nitrogen and oxygen atoms in total. The molecule has 1 unspecified atom stereocenters. The van der Waals surface area contributed by atoms with Crippen LogP contribution in [-0.2, 0) is 41.1 Å². The maximum atomic E-state index is 16.6. The smallest absolute Gasteiger partial charge is 0.416 e. The van der Waals surface area contributed by atoms with E-state index in [0.717, 1.165) is 12.1 Å². The molecule has 2 aromatic rings. The van der Waals surface area contributed by atoms with E-state index in [-0.39, 0.29) is 16.3 Å². The van der Waals surface area contributed by atoms with Crippen molar-refractivity contribution in [3.05, 3.63) is 58.1 Å². The summed E-state index contributed by atoms with van der Waals surface area (Å²) >= 11 is 5.98. The number of carbonyl (C=O) groups is 3. The Labute approximate surface area is 224 Å². The zero-order valence-corrected chi connectivity index (χ0v) is 21.6.